The third-order valence-electron chi connectivity index (χ3n) is 4.63. The summed E-state index contributed by atoms with van der Waals surface area (Å²) in [5.74, 6) is -10.3. The number of hydrogen-bond acceptors (Lipinski definition) is 3. The van der Waals surface area contributed by atoms with Crippen molar-refractivity contribution in [2.24, 2.45) is 0 Å². The number of hydrogen-bond donors (Lipinski definition) is 0. The normalized spacial score (nSPS) is 11.1. The van der Waals surface area contributed by atoms with Crippen LogP contribution < -0.4 is 5.63 Å². The molecule has 0 radical (unpaired) electrons. The van der Waals surface area contributed by atoms with Crippen LogP contribution in [0.25, 0.3) is 22.2 Å². The second kappa shape index (κ2) is 7.15. The lowest BCUT2D eigenvalue weighted by atomic mass is 10.1. The van der Waals surface area contributed by atoms with Gasteiger partial charge < -0.3 is 8.98 Å². The number of nitrogens with zero attached hydrogens (tertiary/aromatic N) is 2. The standard InChI is InChI=1S/C21H9F5N2O2/c22-17-13(18(23)20(25)21(26)19(17)24)9-28-12(8-27)3-4-14(28)10-1-5-15-11(7-10)2-6-16(29)30-15/h1-7H,9H2. The lowest BCUT2D eigenvalue weighted by Gasteiger charge is -2.14. The Hall–Kier alpha value is -3.93. The molecule has 2 aromatic heterocycles. The molecule has 2 aromatic carbocycles. The molecule has 4 rings (SSSR count). The van der Waals surface area contributed by atoms with E-state index in [2.05, 4.69) is 0 Å². The van der Waals surface area contributed by atoms with Gasteiger partial charge in [0, 0.05) is 22.7 Å². The van der Waals surface area contributed by atoms with Crippen molar-refractivity contribution in [1.82, 2.24) is 4.57 Å². The lowest BCUT2D eigenvalue weighted by Crippen LogP contribution is -2.12. The molecule has 0 atom stereocenters. The van der Waals surface area contributed by atoms with Crippen molar-refractivity contribution in [3.63, 3.8) is 0 Å². The molecule has 0 aliphatic rings. The highest BCUT2D eigenvalue weighted by atomic mass is 19.2. The van der Waals surface area contributed by atoms with Crippen LogP contribution in [0, 0.1) is 40.4 Å². The van der Waals surface area contributed by atoms with Crippen LogP contribution in [0.3, 0.4) is 0 Å². The SMILES string of the molecule is N#Cc1ccc(-c2ccc3oc(=O)ccc3c2)n1Cc1c(F)c(F)c(F)c(F)c1F. The highest BCUT2D eigenvalue weighted by Gasteiger charge is 2.26. The van der Waals surface area contributed by atoms with E-state index >= 15 is 0 Å². The molecule has 0 saturated carbocycles. The molecule has 0 aliphatic heterocycles. The molecule has 0 saturated heterocycles. The molecule has 2 heterocycles. The van der Waals surface area contributed by atoms with Gasteiger partial charge in [-0.3, -0.25) is 0 Å². The minimum absolute atomic E-state index is 0.0476. The quantitative estimate of drug-likeness (QED) is 0.207. The van der Waals surface area contributed by atoms with Gasteiger partial charge in [0.05, 0.1) is 6.54 Å². The first-order valence-corrected chi connectivity index (χ1v) is 8.46. The summed E-state index contributed by atoms with van der Waals surface area (Å²) >= 11 is 0. The summed E-state index contributed by atoms with van der Waals surface area (Å²) in [4.78, 5) is 11.3. The highest BCUT2D eigenvalue weighted by Crippen LogP contribution is 2.29. The van der Waals surface area contributed by atoms with Gasteiger partial charge in [0.15, 0.2) is 23.3 Å². The summed E-state index contributed by atoms with van der Waals surface area (Å²) in [6.45, 7) is -0.765. The third-order valence-corrected chi connectivity index (χ3v) is 4.63. The fourth-order valence-corrected chi connectivity index (χ4v) is 3.17. The Morgan fingerprint density at radius 1 is 0.867 bits per heavy atom. The van der Waals surface area contributed by atoms with Crippen molar-refractivity contribution in [2.75, 3.05) is 0 Å². The average Bonchev–Trinajstić information content (AvgIpc) is 3.16. The van der Waals surface area contributed by atoms with E-state index in [0.717, 1.165) is 4.57 Å². The first-order valence-electron chi connectivity index (χ1n) is 8.46. The van der Waals surface area contributed by atoms with E-state index in [1.165, 1.54) is 36.4 Å². The van der Waals surface area contributed by atoms with Gasteiger partial charge >= 0.3 is 5.63 Å². The van der Waals surface area contributed by atoms with Gasteiger partial charge in [0.2, 0.25) is 5.82 Å². The van der Waals surface area contributed by atoms with E-state index in [1.807, 2.05) is 6.07 Å². The molecule has 0 amide bonds. The Bertz CT molecular complexity index is 1390. The second-order valence-electron chi connectivity index (χ2n) is 6.36. The maximum atomic E-state index is 14.2. The summed E-state index contributed by atoms with van der Waals surface area (Å²) in [6, 6.07) is 12.0. The van der Waals surface area contributed by atoms with Crippen LogP contribution in [-0.4, -0.2) is 4.57 Å². The molecule has 9 heteroatoms. The smallest absolute Gasteiger partial charge is 0.336 e. The number of benzene rings is 2. The Morgan fingerprint density at radius 2 is 1.53 bits per heavy atom. The van der Waals surface area contributed by atoms with E-state index in [-0.39, 0.29) is 5.69 Å². The fourth-order valence-electron chi connectivity index (χ4n) is 3.17. The maximum absolute atomic E-state index is 14.2. The van der Waals surface area contributed by atoms with Crippen LogP contribution in [0.1, 0.15) is 11.3 Å². The molecule has 4 aromatic rings. The zero-order valence-corrected chi connectivity index (χ0v) is 14.8. The Kier molecular flexibility index (Phi) is 4.62. The van der Waals surface area contributed by atoms with Crippen LogP contribution in [0.2, 0.25) is 0 Å². The molecule has 0 fully saturated rings. The van der Waals surface area contributed by atoms with E-state index in [4.69, 9.17) is 4.42 Å². The first kappa shape index (κ1) is 19.4. The second-order valence-corrected chi connectivity index (χ2v) is 6.36. The minimum atomic E-state index is -2.25. The largest absolute Gasteiger partial charge is 0.423 e. The average molecular weight is 416 g/mol. The van der Waals surface area contributed by atoms with Crippen molar-refractivity contribution in [2.45, 2.75) is 6.54 Å². The van der Waals surface area contributed by atoms with Gasteiger partial charge in [0.1, 0.15) is 17.3 Å². The predicted molar refractivity (Wildman–Crippen MR) is 96.0 cm³/mol. The molecule has 4 nitrogen and oxygen atoms in total. The molecule has 30 heavy (non-hydrogen) atoms. The molecule has 0 N–H and O–H groups in total. The molecular weight excluding hydrogens is 407 g/mol. The summed E-state index contributed by atoms with van der Waals surface area (Å²) in [6.07, 6.45) is 0. The van der Waals surface area contributed by atoms with Crippen LogP contribution in [-0.2, 0) is 6.54 Å². The van der Waals surface area contributed by atoms with E-state index in [1.54, 1.807) is 6.07 Å². The third kappa shape index (κ3) is 3.03. The van der Waals surface area contributed by atoms with Crippen LogP contribution >= 0.6 is 0 Å². The van der Waals surface area contributed by atoms with Gasteiger partial charge in [-0.05, 0) is 42.0 Å². The highest BCUT2D eigenvalue weighted by molar-refractivity contribution is 5.82. The van der Waals surface area contributed by atoms with Crippen molar-refractivity contribution < 1.29 is 26.4 Å². The minimum Gasteiger partial charge on any atom is -0.423 e. The van der Waals surface area contributed by atoms with Crippen molar-refractivity contribution >= 4 is 11.0 Å². The van der Waals surface area contributed by atoms with E-state index < -0.39 is 46.8 Å². The Morgan fingerprint density at radius 3 is 2.20 bits per heavy atom. The molecule has 0 unspecified atom stereocenters. The van der Waals surface area contributed by atoms with Crippen molar-refractivity contribution in [3.8, 4) is 17.3 Å². The van der Waals surface area contributed by atoms with Crippen molar-refractivity contribution in [3.05, 3.63) is 93.2 Å². The fraction of sp³-hybridized carbons (Fsp3) is 0.0476. The first-order chi connectivity index (χ1) is 14.3. The van der Waals surface area contributed by atoms with E-state index in [9.17, 15) is 32.0 Å². The number of nitriles is 1. The number of fused-ring (bicyclic) bond motifs is 1. The van der Waals surface area contributed by atoms with Crippen LogP contribution in [0.5, 0.6) is 0 Å². The van der Waals surface area contributed by atoms with Gasteiger partial charge in [-0.25, -0.2) is 26.7 Å². The molecule has 0 aliphatic carbocycles. The monoisotopic (exact) mass is 416 g/mol. The Labute approximate surface area is 165 Å². The molecular formula is C21H9F5N2O2. The van der Waals surface area contributed by atoms with Gasteiger partial charge in [-0.2, -0.15) is 5.26 Å². The zero-order valence-electron chi connectivity index (χ0n) is 14.8. The number of halogens is 5. The van der Waals surface area contributed by atoms with Crippen LogP contribution in [0.15, 0.2) is 51.7 Å². The summed E-state index contributed by atoms with van der Waals surface area (Å²) in [5.41, 5.74) is -0.590. The summed E-state index contributed by atoms with van der Waals surface area (Å²) < 4.78 is 75.0. The lowest BCUT2D eigenvalue weighted by molar-refractivity contribution is 0.368. The summed E-state index contributed by atoms with van der Waals surface area (Å²) in [5, 5.41) is 9.87. The van der Waals surface area contributed by atoms with Crippen molar-refractivity contribution in [1.29, 1.82) is 5.26 Å². The predicted octanol–water partition coefficient (Wildman–Crippen LogP) is 4.88. The molecule has 0 bridgehead atoms. The van der Waals surface area contributed by atoms with E-state index in [0.29, 0.717) is 22.2 Å². The number of aromatic nitrogens is 1. The van der Waals surface area contributed by atoms with Gasteiger partial charge in [-0.1, -0.05) is 0 Å². The van der Waals surface area contributed by atoms with Gasteiger partial charge in [0.25, 0.3) is 0 Å². The molecule has 150 valence electrons. The van der Waals surface area contributed by atoms with Crippen LogP contribution in [0.4, 0.5) is 22.0 Å². The number of rotatable bonds is 3. The van der Waals surface area contributed by atoms with Gasteiger partial charge in [-0.15, -0.1) is 0 Å². The topological polar surface area (TPSA) is 58.9 Å². The maximum Gasteiger partial charge on any atom is 0.336 e. The molecule has 0 spiro atoms. The Balaban J connectivity index is 1.88. The zero-order chi connectivity index (χ0) is 21.6. The summed E-state index contributed by atoms with van der Waals surface area (Å²) in [7, 11) is 0.